The number of carbonyl (C=O) groups is 1. The zero-order chi connectivity index (χ0) is 13.7. The first-order valence-electron chi connectivity index (χ1n) is 7.18. The summed E-state index contributed by atoms with van der Waals surface area (Å²) in [6.45, 7) is 2.27. The van der Waals surface area contributed by atoms with E-state index in [0.29, 0.717) is 12.5 Å². The summed E-state index contributed by atoms with van der Waals surface area (Å²) in [7, 11) is 0. The van der Waals surface area contributed by atoms with Crippen molar-refractivity contribution in [3.05, 3.63) is 35.9 Å². The summed E-state index contributed by atoms with van der Waals surface area (Å²) in [4.78, 5) is 11.4. The van der Waals surface area contributed by atoms with Crippen LogP contribution in [0.3, 0.4) is 0 Å². The Kier molecular flexibility index (Phi) is 4.97. The normalized spacial score (nSPS) is 24.9. The highest BCUT2D eigenvalue weighted by molar-refractivity contribution is 5.74. The highest BCUT2D eigenvalue weighted by Crippen LogP contribution is 2.24. The van der Waals surface area contributed by atoms with Crippen LogP contribution in [0.1, 0.15) is 38.2 Å². The third-order valence-electron chi connectivity index (χ3n) is 4.03. The molecule has 1 aliphatic carbocycles. The van der Waals surface area contributed by atoms with E-state index in [1.54, 1.807) is 0 Å². The maximum Gasteiger partial charge on any atom is 0.321 e. The monoisotopic (exact) mass is 261 g/mol. The molecule has 2 rings (SSSR count). The van der Waals surface area contributed by atoms with Crippen molar-refractivity contribution in [3.8, 4) is 0 Å². The molecule has 1 aromatic rings. The van der Waals surface area contributed by atoms with Crippen LogP contribution in [0.15, 0.2) is 30.3 Å². The molecule has 0 aliphatic heterocycles. The van der Waals surface area contributed by atoms with Crippen molar-refractivity contribution in [3.63, 3.8) is 0 Å². The van der Waals surface area contributed by atoms with Gasteiger partial charge in [0.2, 0.25) is 0 Å². The molecule has 0 bridgehead atoms. The topological polar surface area (TPSA) is 49.3 Å². The van der Waals surface area contributed by atoms with Gasteiger partial charge in [0.15, 0.2) is 0 Å². The molecule has 0 unspecified atom stereocenters. The Morgan fingerprint density at radius 2 is 1.89 bits per heavy atom. The molecule has 0 aromatic heterocycles. The molecule has 0 saturated heterocycles. The van der Waals surface area contributed by atoms with Crippen LogP contribution in [0.25, 0.3) is 0 Å². The lowest BCUT2D eigenvalue weighted by atomic mass is 9.87. The minimum Gasteiger partial charge on any atom is -0.480 e. The SMILES string of the molecule is CC1CCC(N[C@@H](Cc2ccccc2)C(=O)O)CC1. The van der Waals surface area contributed by atoms with Crippen molar-refractivity contribution in [1.82, 2.24) is 5.32 Å². The van der Waals surface area contributed by atoms with Crippen molar-refractivity contribution in [2.24, 2.45) is 5.92 Å². The molecule has 0 radical (unpaired) electrons. The zero-order valence-electron chi connectivity index (χ0n) is 11.5. The van der Waals surface area contributed by atoms with Gasteiger partial charge >= 0.3 is 5.97 Å². The van der Waals surface area contributed by atoms with E-state index < -0.39 is 12.0 Å². The first-order valence-corrected chi connectivity index (χ1v) is 7.18. The second kappa shape index (κ2) is 6.71. The van der Waals surface area contributed by atoms with Gasteiger partial charge in [0, 0.05) is 6.04 Å². The van der Waals surface area contributed by atoms with E-state index in [1.807, 2.05) is 30.3 Å². The average Bonchev–Trinajstić information content (AvgIpc) is 2.41. The molecule has 1 atom stereocenters. The van der Waals surface area contributed by atoms with Crippen LogP contribution < -0.4 is 5.32 Å². The zero-order valence-corrected chi connectivity index (χ0v) is 11.5. The van der Waals surface area contributed by atoms with Crippen molar-refractivity contribution >= 4 is 5.97 Å². The maximum absolute atomic E-state index is 11.4. The molecule has 0 amide bonds. The van der Waals surface area contributed by atoms with E-state index in [0.717, 1.165) is 24.3 Å². The molecule has 0 heterocycles. The molecule has 3 heteroatoms. The first kappa shape index (κ1) is 14.1. The third kappa shape index (κ3) is 4.35. The lowest BCUT2D eigenvalue weighted by Crippen LogP contribution is -2.45. The van der Waals surface area contributed by atoms with Gasteiger partial charge in [-0.25, -0.2) is 0 Å². The summed E-state index contributed by atoms with van der Waals surface area (Å²) >= 11 is 0. The van der Waals surface area contributed by atoms with Gasteiger partial charge in [0.25, 0.3) is 0 Å². The fraction of sp³-hybridized carbons (Fsp3) is 0.562. The Labute approximate surface area is 115 Å². The van der Waals surface area contributed by atoms with Crippen LogP contribution in [0.2, 0.25) is 0 Å². The molecule has 1 aliphatic rings. The number of benzene rings is 1. The molecule has 3 nitrogen and oxygen atoms in total. The van der Waals surface area contributed by atoms with Crippen LogP contribution in [0, 0.1) is 5.92 Å². The van der Waals surface area contributed by atoms with Gasteiger partial charge < -0.3 is 10.4 Å². The van der Waals surface area contributed by atoms with Crippen molar-refractivity contribution in [2.45, 2.75) is 51.1 Å². The molecule has 1 saturated carbocycles. The second-order valence-corrected chi connectivity index (χ2v) is 5.70. The van der Waals surface area contributed by atoms with Crippen LogP contribution >= 0.6 is 0 Å². The predicted molar refractivity (Wildman–Crippen MR) is 76.1 cm³/mol. The summed E-state index contributed by atoms with van der Waals surface area (Å²) in [5.74, 6) is 0.0397. The Bertz CT molecular complexity index is 396. The molecule has 1 fully saturated rings. The van der Waals surface area contributed by atoms with Crippen LogP contribution in [-0.2, 0) is 11.2 Å². The van der Waals surface area contributed by atoms with Crippen LogP contribution in [-0.4, -0.2) is 23.2 Å². The number of hydrogen-bond donors (Lipinski definition) is 2. The van der Waals surface area contributed by atoms with Crippen molar-refractivity contribution in [1.29, 1.82) is 0 Å². The quantitative estimate of drug-likeness (QED) is 0.857. The van der Waals surface area contributed by atoms with Gasteiger partial charge in [-0.15, -0.1) is 0 Å². The largest absolute Gasteiger partial charge is 0.480 e. The van der Waals surface area contributed by atoms with Gasteiger partial charge in [0.1, 0.15) is 6.04 Å². The highest BCUT2D eigenvalue weighted by atomic mass is 16.4. The molecule has 0 spiro atoms. The predicted octanol–water partition coefficient (Wildman–Crippen LogP) is 2.85. The van der Waals surface area contributed by atoms with E-state index in [2.05, 4.69) is 12.2 Å². The molecule has 19 heavy (non-hydrogen) atoms. The minimum atomic E-state index is -0.748. The van der Waals surface area contributed by atoms with E-state index in [4.69, 9.17) is 0 Å². The van der Waals surface area contributed by atoms with E-state index in [1.165, 1.54) is 12.8 Å². The summed E-state index contributed by atoms with van der Waals surface area (Å²) in [5, 5.41) is 12.7. The summed E-state index contributed by atoms with van der Waals surface area (Å²) in [6.07, 6.45) is 5.16. The van der Waals surface area contributed by atoms with E-state index in [-0.39, 0.29) is 0 Å². The molecule has 104 valence electrons. The second-order valence-electron chi connectivity index (χ2n) is 5.70. The van der Waals surface area contributed by atoms with Crippen LogP contribution in [0.4, 0.5) is 0 Å². The molecular weight excluding hydrogens is 238 g/mol. The summed E-state index contributed by atoms with van der Waals surface area (Å²) in [5.41, 5.74) is 1.08. The first-order chi connectivity index (χ1) is 9.15. The fourth-order valence-electron chi connectivity index (χ4n) is 2.78. The van der Waals surface area contributed by atoms with E-state index in [9.17, 15) is 9.90 Å². The lowest BCUT2D eigenvalue weighted by Gasteiger charge is -2.29. The minimum absolute atomic E-state index is 0.362. The van der Waals surface area contributed by atoms with Crippen molar-refractivity contribution in [2.75, 3.05) is 0 Å². The van der Waals surface area contributed by atoms with Gasteiger partial charge in [-0.3, -0.25) is 4.79 Å². The number of carboxylic acid groups (broad SMARTS) is 1. The summed E-state index contributed by atoms with van der Waals surface area (Å²) < 4.78 is 0. The average molecular weight is 261 g/mol. The third-order valence-corrected chi connectivity index (χ3v) is 4.03. The number of carboxylic acids is 1. The van der Waals surface area contributed by atoms with Gasteiger partial charge in [0.05, 0.1) is 0 Å². The highest BCUT2D eigenvalue weighted by Gasteiger charge is 2.24. The molecule has 1 aromatic carbocycles. The number of nitrogens with one attached hydrogen (secondary N) is 1. The van der Waals surface area contributed by atoms with Crippen LogP contribution in [0.5, 0.6) is 0 Å². The van der Waals surface area contributed by atoms with Gasteiger partial charge in [-0.2, -0.15) is 0 Å². The Balaban J connectivity index is 1.91. The number of rotatable bonds is 5. The van der Waals surface area contributed by atoms with Gasteiger partial charge in [-0.05, 0) is 43.6 Å². The fourth-order valence-corrected chi connectivity index (χ4v) is 2.78. The maximum atomic E-state index is 11.4. The standard InChI is InChI=1S/C16H23NO2/c1-12-7-9-14(10-8-12)17-15(16(18)19)11-13-5-3-2-4-6-13/h2-6,12,14-15,17H,7-11H2,1H3,(H,18,19)/t12?,14?,15-/m0/s1. The molecule has 2 N–H and O–H groups in total. The smallest absolute Gasteiger partial charge is 0.321 e. The van der Waals surface area contributed by atoms with Gasteiger partial charge in [-0.1, -0.05) is 37.3 Å². The van der Waals surface area contributed by atoms with Crippen molar-refractivity contribution < 1.29 is 9.90 Å². The molecular formula is C16H23NO2. The van der Waals surface area contributed by atoms with E-state index >= 15 is 0 Å². The number of hydrogen-bond acceptors (Lipinski definition) is 2. The number of aliphatic carboxylic acids is 1. The lowest BCUT2D eigenvalue weighted by molar-refractivity contribution is -0.139. The Morgan fingerprint density at radius 3 is 2.47 bits per heavy atom. The Hall–Kier alpha value is -1.35. The summed E-state index contributed by atoms with van der Waals surface area (Å²) in [6, 6.07) is 9.73. The Morgan fingerprint density at radius 1 is 1.26 bits per heavy atom.